The van der Waals surface area contributed by atoms with E-state index in [1.807, 2.05) is 87.3 Å². The first-order chi connectivity index (χ1) is 60.6. The Morgan fingerprint density at radius 2 is 1.41 bits per heavy atom. The normalized spacial score (nSPS) is 26.8. The first kappa shape index (κ1) is 101. The zero-order valence-electron chi connectivity index (χ0n) is 75.5. The number of H-pyrrole nitrogens is 1. The molecule has 1 aliphatic carbocycles. The van der Waals surface area contributed by atoms with Gasteiger partial charge in [-0.1, -0.05) is 76.3 Å². The van der Waals surface area contributed by atoms with Gasteiger partial charge in [-0.2, -0.15) is 5.10 Å². The smallest absolute Gasteiger partial charge is 0.329 e. The van der Waals surface area contributed by atoms with Gasteiger partial charge < -0.3 is 97.5 Å². The number of aliphatic hydroxyl groups is 2. The molecule has 4 aliphatic rings. The maximum absolute atomic E-state index is 14.9. The standard InChI is InChI=1S/C92H142N12O21/c1-63-21-12-11-13-22-64(2)77(112-8)58-74-24-20-30-92(111,125-74)86(108)90(109)103-33-17-14-25-75(103)91(110)124-79(59-78(113-9)65(3)54-68(6)85(107)69(7)84(106)67(5)53-63)66(4)55-70-26-27-76(80(56-70)114-10)123-36-19-15-23-73-61-102(101-99-73)35-38-116-40-42-118-44-46-120-48-50-122-52-51-121-49-47-119-45-43-117-41-39-115-37-29-81(105)94-31-16-18-34-104-89-82(87(93)97-62-98-89)83(100-104)72-57-71-28-32-95-88(71)96-60-72/h11-13,21-22,28,32,54,57,60-63,65-67,69-70,74-80,85,107,111H,14-20,23-27,29-31,33-53,55-56,58-59H2,1-10H3,(H,94,105)(H,95,96)(H2,93,97,98)/b13-11+,21-12+,64-22+,68-54+/t63-,65-,66-,67-,69+,70+,74+,75+,76-,77+,78-,79+,80-,85-,92-/m1/s1. The summed E-state index contributed by atoms with van der Waals surface area (Å²) in [4.78, 5) is 87.5. The maximum atomic E-state index is 14.9. The molecule has 5 aromatic rings. The number of ether oxygens (including phenoxy) is 14. The number of hydrogen-bond acceptors (Lipinski definition) is 28. The molecule has 3 aliphatic heterocycles. The Bertz CT molecular complexity index is 4170. The van der Waals surface area contributed by atoms with Crippen LogP contribution in [0.15, 0.2) is 84.7 Å². The lowest BCUT2D eigenvalue weighted by molar-refractivity contribution is -0.245. The monoisotopic (exact) mass is 1750 g/mol. The number of aromatic nitrogens is 9. The van der Waals surface area contributed by atoms with E-state index in [0.717, 1.165) is 79.2 Å². The molecule has 2 bridgehead atoms. The SMILES string of the molecule is CO[C@H]1C[C@@H]2CCC[C@@](O)(O2)C(=O)C(=O)N2CCCC[C@H]2C(=O)O[C@H]([C@H](C)C[C@@H]2CC[C@@H](OCCCCc3cn(CCOCCOCCOCCOCCOCCOCCOCCOCCC(=O)NCCCCn4nc(-c5cnc6[nH]ccc6c5)c5c(N)ncnc54)nn3)[C@H](OC)C2)C[C@@H](OC)[C@H](C)/C=C(\C)[C@@H](O)[C@@H](C)C(=O)[C@H](C)C[C@H](C)/C=C/C=C/C=C/1C. The van der Waals surface area contributed by atoms with Gasteiger partial charge in [0, 0.05) is 121 Å². The summed E-state index contributed by atoms with van der Waals surface area (Å²) in [5.41, 5.74) is 11.7. The molecule has 5 aromatic heterocycles. The minimum atomic E-state index is -2.38. The number of hydrogen-bond donors (Lipinski definition) is 5. The van der Waals surface area contributed by atoms with Gasteiger partial charge in [0.05, 0.1) is 160 Å². The number of esters is 1. The van der Waals surface area contributed by atoms with Crippen molar-refractivity contribution in [2.45, 2.75) is 238 Å². The number of nitrogen functional groups attached to an aromatic ring is 1. The molecule has 0 radical (unpaired) electrons. The van der Waals surface area contributed by atoms with Crippen LogP contribution in [0.5, 0.6) is 0 Å². The van der Waals surface area contributed by atoms with E-state index in [4.69, 9.17) is 77.1 Å². The molecule has 6 N–H and O–H groups in total. The van der Waals surface area contributed by atoms with Gasteiger partial charge in [-0.3, -0.25) is 19.2 Å². The highest BCUT2D eigenvalue weighted by molar-refractivity contribution is 6.39. The Morgan fingerprint density at radius 3 is 2.10 bits per heavy atom. The number of pyridine rings is 1. The zero-order chi connectivity index (χ0) is 89.3. The van der Waals surface area contributed by atoms with Crippen LogP contribution in [0.3, 0.4) is 0 Å². The highest BCUT2D eigenvalue weighted by Crippen LogP contribution is 2.39. The molecule has 2 saturated heterocycles. The van der Waals surface area contributed by atoms with Crippen LogP contribution < -0.4 is 11.1 Å². The molecule has 1 saturated carbocycles. The van der Waals surface area contributed by atoms with E-state index in [-0.39, 0.29) is 85.7 Å². The number of Topliss-reactive ketones (excluding diaryl/α,β-unsaturated/α-hetero) is 2. The molecule has 0 unspecified atom stereocenters. The number of rotatable bonds is 45. The average molecular weight is 1750 g/mol. The highest BCUT2D eigenvalue weighted by atomic mass is 16.6. The number of aromatic amines is 1. The van der Waals surface area contributed by atoms with Crippen LogP contribution in [0.2, 0.25) is 0 Å². The van der Waals surface area contributed by atoms with Crippen LogP contribution in [0, 0.1) is 35.5 Å². The molecule has 2 amide bonds. The fraction of sp³-hybridized carbons (Fsp3) is 0.707. The number of nitrogens with one attached hydrogen (secondary N) is 2. The number of piperidine rings is 1. The van der Waals surface area contributed by atoms with Crippen molar-refractivity contribution in [3.63, 3.8) is 0 Å². The number of carbonyl (C=O) groups excluding carboxylic acids is 5. The maximum Gasteiger partial charge on any atom is 0.329 e. The third-order valence-electron chi connectivity index (χ3n) is 24.1. The Labute approximate surface area is 736 Å². The Kier molecular flexibility index (Phi) is 44.1. The molecule has 15 atom stereocenters. The third kappa shape index (κ3) is 32.8. The lowest BCUT2D eigenvalue weighted by Crippen LogP contribution is -2.58. The van der Waals surface area contributed by atoms with E-state index in [1.165, 1.54) is 11.2 Å². The first-order valence-corrected chi connectivity index (χ1v) is 45.3. The van der Waals surface area contributed by atoms with Crippen molar-refractivity contribution < 1.29 is 101 Å². The van der Waals surface area contributed by atoms with Gasteiger partial charge >= 0.3 is 5.97 Å². The zero-order valence-corrected chi connectivity index (χ0v) is 75.5. The fourth-order valence-electron chi connectivity index (χ4n) is 16.9. The molecular weight excluding hydrogens is 1610 g/mol. The summed E-state index contributed by atoms with van der Waals surface area (Å²) < 4.78 is 86.2. The Hall–Kier alpha value is -7.71. The number of amides is 2. The molecule has 3 fully saturated rings. The number of unbranched alkanes of at least 4 members (excludes halogenated alkanes) is 2. The number of anilines is 1. The van der Waals surface area contributed by atoms with Crippen LogP contribution in [0.25, 0.3) is 33.3 Å². The van der Waals surface area contributed by atoms with Crippen LogP contribution in [0.4, 0.5) is 5.82 Å². The van der Waals surface area contributed by atoms with Gasteiger partial charge in [0.2, 0.25) is 11.7 Å². The topological polar surface area (TPSA) is 399 Å². The minimum Gasteiger partial charge on any atom is -0.460 e. The molecule has 33 nitrogen and oxygen atoms in total. The highest BCUT2D eigenvalue weighted by Gasteiger charge is 2.50. The Morgan fingerprint density at radius 1 is 0.720 bits per heavy atom. The van der Waals surface area contributed by atoms with Crippen molar-refractivity contribution in [3.8, 4) is 11.3 Å². The summed E-state index contributed by atoms with van der Waals surface area (Å²) in [6.45, 7) is 22.8. The number of nitrogens with two attached hydrogens (primary N) is 1. The van der Waals surface area contributed by atoms with Crippen molar-refractivity contribution in [1.29, 1.82) is 0 Å². The third-order valence-corrected chi connectivity index (χ3v) is 24.1. The van der Waals surface area contributed by atoms with Gasteiger partial charge in [-0.05, 0) is 151 Å². The first-order valence-electron chi connectivity index (χ1n) is 45.3. The molecule has 125 heavy (non-hydrogen) atoms. The number of aliphatic hydroxyl groups excluding tert-OH is 1. The second-order valence-corrected chi connectivity index (χ2v) is 33.8. The number of fused-ring (bicyclic) bond motifs is 5. The summed E-state index contributed by atoms with van der Waals surface area (Å²) in [5, 5.41) is 41.8. The predicted octanol–water partition coefficient (Wildman–Crippen LogP) is 10.0. The van der Waals surface area contributed by atoms with Crippen molar-refractivity contribution >= 4 is 57.2 Å². The second-order valence-electron chi connectivity index (χ2n) is 33.8. The summed E-state index contributed by atoms with van der Waals surface area (Å²) >= 11 is 0. The molecule has 9 rings (SSSR count). The minimum absolute atomic E-state index is 0.0197. The number of nitrogens with zero attached hydrogens (tertiary/aromatic N) is 9. The number of allylic oxidation sites excluding steroid dienone is 5. The molecule has 33 heteroatoms. The molecule has 0 aromatic carbocycles. The summed E-state index contributed by atoms with van der Waals surface area (Å²) in [6, 6.07) is 2.89. The molecule has 8 heterocycles. The number of methoxy groups -OCH3 is 3. The largest absolute Gasteiger partial charge is 0.460 e. The second kappa shape index (κ2) is 54.6. The van der Waals surface area contributed by atoms with E-state index in [0.29, 0.717) is 205 Å². The molecular formula is C92H142N12O21. The van der Waals surface area contributed by atoms with E-state index in [2.05, 4.69) is 55.5 Å². The van der Waals surface area contributed by atoms with E-state index in [1.54, 1.807) is 39.1 Å². The van der Waals surface area contributed by atoms with Crippen LogP contribution in [-0.2, 0) is 110 Å². The van der Waals surface area contributed by atoms with Crippen molar-refractivity contribution in [1.82, 2.24) is 54.9 Å². The molecule has 696 valence electrons. The van der Waals surface area contributed by atoms with Crippen LogP contribution >= 0.6 is 0 Å². The van der Waals surface area contributed by atoms with Crippen LogP contribution in [-0.4, -0.2) is 290 Å². The quantitative estimate of drug-likeness (QED) is 0.0105. The van der Waals surface area contributed by atoms with Crippen molar-refractivity contribution in [2.24, 2.45) is 35.5 Å². The summed E-state index contributed by atoms with van der Waals surface area (Å²) in [7, 11) is 4.93. The van der Waals surface area contributed by atoms with Gasteiger partial charge in [0.15, 0.2) is 5.65 Å². The lowest BCUT2D eigenvalue weighted by atomic mass is 9.78. The van der Waals surface area contributed by atoms with Gasteiger partial charge in [-0.25, -0.2) is 29.1 Å². The average Bonchev–Trinajstić information content (AvgIpc) is 1.70. The number of cyclic esters (lactones) is 1. The number of carbonyl (C=O) groups is 5. The van der Waals surface area contributed by atoms with Gasteiger partial charge in [0.1, 0.15) is 41.4 Å². The van der Waals surface area contributed by atoms with Gasteiger partial charge in [0.25, 0.3) is 11.7 Å². The van der Waals surface area contributed by atoms with Crippen molar-refractivity contribution in [3.05, 3.63) is 90.3 Å². The number of ketones is 2. The summed E-state index contributed by atoms with van der Waals surface area (Å²) in [6.07, 6.45) is 26.1. The van der Waals surface area contributed by atoms with Crippen molar-refractivity contribution in [2.75, 3.05) is 152 Å². The van der Waals surface area contributed by atoms with E-state index in [9.17, 15) is 34.2 Å². The van der Waals surface area contributed by atoms with E-state index < -0.39 is 65.9 Å². The number of aryl methyl sites for hydroxylation is 2. The predicted molar refractivity (Wildman–Crippen MR) is 470 cm³/mol. The van der Waals surface area contributed by atoms with E-state index >= 15 is 0 Å². The van der Waals surface area contributed by atoms with Crippen LogP contribution in [0.1, 0.15) is 170 Å². The lowest BCUT2D eigenvalue weighted by Gasteiger charge is -2.40. The Balaban J connectivity index is 0.583. The molecule has 0 spiro atoms. The van der Waals surface area contributed by atoms with Gasteiger partial charge in [-0.15, -0.1) is 5.10 Å². The summed E-state index contributed by atoms with van der Waals surface area (Å²) in [5.74, 6) is -6.00. The fourth-order valence-corrected chi connectivity index (χ4v) is 16.9.